The molecule has 0 fully saturated rings. The molecule has 0 atom stereocenters. The number of anilines is 1. The highest BCUT2D eigenvalue weighted by Gasteiger charge is 2.06. The molecule has 0 aliphatic carbocycles. The third-order valence-electron chi connectivity index (χ3n) is 1.85. The molecule has 0 spiro atoms. The molecule has 72 valence electrons. The van der Waals surface area contributed by atoms with Crippen LogP contribution in [0.2, 0.25) is 0 Å². The fraction of sp³-hybridized carbons (Fsp3) is 0. The van der Waals surface area contributed by atoms with Crippen LogP contribution in [0.1, 0.15) is 0 Å². The average Bonchev–Trinajstić information content (AvgIpc) is 2.46. The lowest BCUT2D eigenvalue weighted by molar-refractivity contribution is 0.611. The lowest BCUT2D eigenvalue weighted by Gasteiger charge is -2.04. The minimum absolute atomic E-state index is 0.181. The number of para-hydroxylation sites is 1. The highest BCUT2D eigenvalue weighted by Crippen LogP contribution is 2.13. The summed E-state index contributed by atoms with van der Waals surface area (Å²) in [6, 6.07) is 7.26. The van der Waals surface area contributed by atoms with E-state index in [2.05, 4.69) is 5.10 Å². The summed E-state index contributed by atoms with van der Waals surface area (Å²) in [6.07, 6.45) is 0. The number of nitrogen functional groups attached to an aromatic ring is 1. The molecule has 0 unspecified atom stereocenters. The molecule has 0 saturated carbocycles. The maximum Gasteiger partial charge on any atom is 0.266 e. The number of nitrogens with two attached hydrogens (primary N) is 1. The molecule has 4 nitrogen and oxygen atoms in total. The number of halogens is 1. The van der Waals surface area contributed by atoms with Crippen molar-refractivity contribution in [1.82, 2.24) is 9.78 Å². The second kappa shape index (κ2) is 3.02. The molecule has 2 rings (SSSR count). The maximum atomic E-state index is 13.3. The molecule has 0 amide bonds. The van der Waals surface area contributed by atoms with E-state index < -0.39 is 5.82 Å². The van der Waals surface area contributed by atoms with Gasteiger partial charge in [-0.3, -0.25) is 9.89 Å². The van der Waals surface area contributed by atoms with E-state index in [1.165, 1.54) is 22.9 Å². The number of nitrogens with one attached hydrogen (secondary N) is 1. The Balaban J connectivity index is 2.66. The standard InChI is InChI=1S/C9H8FN3O/c10-6-3-1-2-4-7(6)13-8(11)5-9(14)12-13/h1-5H,11H2,(H,12,14). The monoisotopic (exact) mass is 193 g/mol. The number of aromatic amines is 1. The molecule has 1 aromatic heterocycles. The summed E-state index contributed by atoms with van der Waals surface area (Å²) in [4.78, 5) is 10.9. The highest BCUT2D eigenvalue weighted by atomic mass is 19.1. The van der Waals surface area contributed by atoms with Gasteiger partial charge in [-0.2, -0.15) is 0 Å². The molecule has 0 aliphatic heterocycles. The van der Waals surface area contributed by atoms with Crippen molar-refractivity contribution in [3.8, 4) is 5.69 Å². The summed E-state index contributed by atoms with van der Waals surface area (Å²) in [7, 11) is 0. The lowest BCUT2D eigenvalue weighted by atomic mass is 10.3. The number of H-pyrrole nitrogens is 1. The predicted molar refractivity (Wildman–Crippen MR) is 50.8 cm³/mol. The summed E-state index contributed by atoms with van der Waals surface area (Å²) in [5.74, 6) is -0.258. The van der Waals surface area contributed by atoms with Gasteiger partial charge >= 0.3 is 0 Å². The Bertz CT molecular complexity index is 515. The normalized spacial score (nSPS) is 10.4. The summed E-state index contributed by atoms with van der Waals surface area (Å²) in [5.41, 5.74) is 5.38. The molecule has 0 radical (unpaired) electrons. The van der Waals surface area contributed by atoms with Gasteiger partial charge in [0, 0.05) is 6.07 Å². The molecule has 14 heavy (non-hydrogen) atoms. The second-order valence-electron chi connectivity index (χ2n) is 2.83. The van der Waals surface area contributed by atoms with Crippen molar-refractivity contribution in [3.05, 3.63) is 46.5 Å². The summed E-state index contributed by atoms with van der Waals surface area (Å²) < 4.78 is 14.5. The van der Waals surface area contributed by atoms with Crippen LogP contribution in [0.5, 0.6) is 0 Å². The molecule has 0 bridgehead atoms. The molecule has 3 N–H and O–H groups in total. The number of rotatable bonds is 1. The van der Waals surface area contributed by atoms with E-state index in [9.17, 15) is 9.18 Å². The fourth-order valence-electron chi connectivity index (χ4n) is 1.24. The molecule has 1 aromatic carbocycles. The van der Waals surface area contributed by atoms with Gasteiger partial charge in [-0.05, 0) is 12.1 Å². The van der Waals surface area contributed by atoms with Crippen LogP contribution in [0.25, 0.3) is 5.69 Å². The first-order valence-corrected chi connectivity index (χ1v) is 4.01. The fourth-order valence-corrected chi connectivity index (χ4v) is 1.24. The molecular formula is C9H8FN3O. The number of hydrogen-bond acceptors (Lipinski definition) is 2. The van der Waals surface area contributed by atoms with Crippen LogP contribution in [-0.4, -0.2) is 9.78 Å². The van der Waals surface area contributed by atoms with Crippen LogP contribution < -0.4 is 11.3 Å². The zero-order valence-corrected chi connectivity index (χ0v) is 7.20. The molecular weight excluding hydrogens is 185 g/mol. The summed E-state index contributed by atoms with van der Waals surface area (Å²) in [5, 5.41) is 2.40. The smallest absolute Gasteiger partial charge is 0.266 e. The zero-order valence-electron chi connectivity index (χ0n) is 7.20. The van der Waals surface area contributed by atoms with Crippen molar-refractivity contribution < 1.29 is 4.39 Å². The topological polar surface area (TPSA) is 63.8 Å². The number of aromatic nitrogens is 2. The zero-order chi connectivity index (χ0) is 10.1. The highest BCUT2D eigenvalue weighted by molar-refractivity contribution is 5.41. The van der Waals surface area contributed by atoms with Crippen molar-refractivity contribution in [2.45, 2.75) is 0 Å². The Morgan fingerprint density at radius 2 is 2.07 bits per heavy atom. The minimum atomic E-state index is -0.439. The molecule has 2 aromatic rings. The van der Waals surface area contributed by atoms with E-state index in [1.54, 1.807) is 12.1 Å². The van der Waals surface area contributed by atoms with Gasteiger partial charge in [0.25, 0.3) is 5.56 Å². The number of hydrogen-bond donors (Lipinski definition) is 2. The summed E-state index contributed by atoms with van der Waals surface area (Å²) in [6.45, 7) is 0. The third-order valence-corrected chi connectivity index (χ3v) is 1.85. The van der Waals surface area contributed by atoms with Crippen molar-refractivity contribution in [1.29, 1.82) is 0 Å². The van der Waals surface area contributed by atoms with Gasteiger partial charge in [-0.1, -0.05) is 12.1 Å². The van der Waals surface area contributed by atoms with Crippen LogP contribution in [0.3, 0.4) is 0 Å². The first kappa shape index (κ1) is 8.55. The average molecular weight is 193 g/mol. The van der Waals surface area contributed by atoms with Crippen LogP contribution in [-0.2, 0) is 0 Å². The lowest BCUT2D eigenvalue weighted by Crippen LogP contribution is -2.06. The van der Waals surface area contributed by atoms with E-state index in [0.717, 1.165) is 0 Å². The van der Waals surface area contributed by atoms with Gasteiger partial charge in [0.2, 0.25) is 0 Å². The number of benzene rings is 1. The predicted octanol–water partition coefficient (Wildman–Crippen LogP) is 0.887. The van der Waals surface area contributed by atoms with Crippen LogP contribution >= 0.6 is 0 Å². The summed E-state index contributed by atoms with van der Waals surface area (Å²) >= 11 is 0. The Morgan fingerprint density at radius 3 is 2.64 bits per heavy atom. The van der Waals surface area contributed by atoms with Gasteiger partial charge in [0.05, 0.1) is 0 Å². The SMILES string of the molecule is Nc1cc(=O)[nH]n1-c1ccccc1F. The maximum absolute atomic E-state index is 13.3. The van der Waals surface area contributed by atoms with Crippen LogP contribution in [0.4, 0.5) is 10.2 Å². The molecule has 0 saturated heterocycles. The van der Waals surface area contributed by atoms with Gasteiger partial charge in [0.15, 0.2) is 0 Å². The molecule has 1 heterocycles. The van der Waals surface area contributed by atoms with E-state index in [4.69, 9.17) is 5.73 Å². The van der Waals surface area contributed by atoms with Crippen molar-refractivity contribution >= 4 is 5.82 Å². The first-order valence-electron chi connectivity index (χ1n) is 4.01. The van der Waals surface area contributed by atoms with Crippen molar-refractivity contribution in [2.24, 2.45) is 0 Å². The second-order valence-corrected chi connectivity index (χ2v) is 2.83. The Hall–Kier alpha value is -2.04. The molecule has 0 aliphatic rings. The molecule has 5 heteroatoms. The van der Waals surface area contributed by atoms with Gasteiger partial charge in [0.1, 0.15) is 17.3 Å². The third kappa shape index (κ3) is 1.28. The van der Waals surface area contributed by atoms with Crippen molar-refractivity contribution in [2.75, 3.05) is 5.73 Å². The van der Waals surface area contributed by atoms with E-state index in [-0.39, 0.29) is 17.1 Å². The van der Waals surface area contributed by atoms with Crippen LogP contribution in [0, 0.1) is 5.82 Å². The minimum Gasteiger partial charge on any atom is -0.384 e. The Kier molecular flexibility index (Phi) is 1.85. The largest absolute Gasteiger partial charge is 0.384 e. The van der Waals surface area contributed by atoms with E-state index in [0.29, 0.717) is 0 Å². The van der Waals surface area contributed by atoms with E-state index in [1.807, 2.05) is 0 Å². The first-order chi connectivity index (χ1) is 6.68. The van der Waals surface area contributed by atoms with Crippen molar-refractivity contribution in [3.63, 3.8) is 0 Å². The number of nitrogens with zero attached hydrogens (tertiary/aromatic N) is 1. The van der Waals surface area contributed by atoms with Gasteiger partial charge in [-0.25, -0.2) is 9.07 Å². The quantitative estimate of drug-likeness (QED) is 0.706. The van der Waals surface area contributed by atoms with Crippen LogP contribution in [0.15, 0.2) is 35.1 Å². The van der Waals surface area contributed by atoms with Gasteiger partial charge in [-0.15, -0.1) is 0 Å². The Morgan fingerprint density at radius 1 is 1.36 bits per heavy atom. The van der Waals surface area contributed by atoms with E-state index >= 15 is 0 Å². The van der Waals surface area contributed by atoms with Gasteiger partial charge < -0.3 is 5.73 Å². The Labute approximate surface area is 78.8 Å².